The molecule has 1 amide bonds. The highest BCUT2D eigenvalue weighted by Crippen LogP contribution is 2.38. The number of hydrogen-bond donors (Lipinski definition) is 2. The molecule has 0 saturated heterocycles. The van der Waals surface area contributed by atoms with E-state index in [1.165, 1.54) is 12.1 Å². The molecule has 0 bridgehead atoms. The lowest BCUT2D eigenvalue weighted by molar-refractivity contribution is -0.384. The third kappa shape index (κ3) is 3.42. The summed E-state index contributed by atoms with van der Waals surface area (Å²) in [6, 6.07) is 7.80. The number of H-pyrrole nitrogens is 1. The standard InChI is InChI=1S/C15H15N5O3/c1-9(11-3-2-4-12(7-11)20(22)23)16-19-15(21)14-8-13(17-18-14)10-5-6-10/h2-4,7-8,10H,5-6H2,1H3,(H,17,18)(H,19,21)/b16-9-. The number of nitrogens with zero attached hydrogens (tertiary/aromatic N) is 3. The summed E-state index contributed by atoms with van der Waals surface area (Å²) in [5.41, 5.74) is 4.68. The van der Waals surface area contributed by atoms with Crippen LogP contribution in [0.15, 0.2) is 35.4 Å². The summed E-state index contributed by atoms with van der Waals surface area (Å²) in [4.78, 5) is 22.3. The third-order valence-electron chi connectivity index (χ3n) is 3.65. The SMILES string of the molecule is C/C(=N/NC(=O)c1cc(C2CC2)[nH]n1)c1cccc([N+](=O)[O-])c1. The van der Waals surface area contributed by atoms with Crippen LogP contribution in [0, 0.1) is 10.1 Å². The predicted molar refractivity (Wildman–Crippen MR) is 83.3 cm³/mol. The number of aromatic nitrogens is 2. The van der Waals surface area contributed by atoms with Gasteiger partial charge in [-0.05, 0) is 25.8 Å². The van der Waals surface area contributed by atoms with Crippen LogP contribution >= 0.6 is 0 Å². The highest BCUT2D eigenvalue weighted by Gasteiger charge is 2.26. The van der Waals surface area contributed by atoms with Crippen molar-refractivity contribution in [1.29, 1.82) is 0 Å². The Balaban J connectivity index is 1.69. The maximum atomic E-state index is 12.0. The molecule has 1 saturated carbocycles. The number of benzene rings is 1. The van der Waals surface area contributed by atoms with Crippen molar-refractivity contribution in [2.45, 2.75) is 25.7 Å². The van der Waals surface area contributed by atoms with Gasteiger partial charge >= 0.3 is 0 Å². The van der Waals surface area contributed by atoms with Gasteiger partial charge in [-0.15, -0.1) is 0 Å². The Morgan fingerprint density at radius 2 is 2.22 bits per heavy atom. The number of non-ortho nitro benzene ring substituents is 1. The van der Waals surface area contributed by atoms with Crippen molar-refractivity contribution in [2.75, 3.05) is 0 Å². The smallest absolute Gasteiger partial charge is 0.281 e. The van der Waals surface area contributed by atoms with Crippen LogP contribution < -0.4 is 5.43 Å². The lowest BCUT2D eigenvalue weighted by atomic mass is 10.1. The van der Waals surface area contributed by atoms with E-state index in [1.807, 2.05) is 0 Å². The lowest BCUT2D eigenvalue weighted by Crippen LogP contribution is -2.19. The first-order valence-electron chi connectivity index (χ1n) is 7.19. The molecule has 118 valence electrons. The van der Waals surface area contributed by atoms with E-state index in [9.17, 15) is 14.9 Å². The molecule has 1 aromatic carbocycles. The van der Waals surface area contributed by atoms with Gasteiger partial charge in [-0.3, -0.25) is 20.0 Å². The number of amides is 1. The van der Waals surface area contributed by atoms with Gasteiger partial charge in [0.25, 0.3) is 11.6 Å². The number of carbonyl (C=O) groups excluding carboxylic acids is 1. The Morgan fingerprint density at radius 1 is 1.43 bits per heavy atom. The van der Waals surface area contributed by atoms with Crippen molar-refractivity contribution in [3.63, 3.8) is 0 Å². The number of rotatable bonds is 5. The summed E-state index contributed by atoms with van der Waals surface area (Å²) in [7, 11) is 0. The van der Waals surface area contributed by atoms with Crippen LogP contribution in [-0.2, 0) is 0 Å². The summed E-state index contributed by atoms with van der Waals surface area (Å²) in [5, 5.41) is 21.6. The van der Waals surface area contributed by atoms with Gasteiger partial charge in [0.15, 0.2) is 5.69 Å². The van der Waals surface area contributed by atoms with Gasteiger partial charge in [0, 0.05) is 29.3 Å². The Morgan fingerprint density at radius 3 is 2.91 bits per heavy atom. The molecule has 0 radical (unpaired) electrons. The number of nitro benzene ring substituents is 1. The molecule has 1 aromatic heterocycles. The van der Waals surface area contributed by atoms with E-state index in [-0.39, 0.29) is 11.4 Å². The molecule has 1 aliphatic rings. The summed E-state index contributed by atoms with van der Waals surface area (Å²) in [5.74, 6) is 0.0667. The van der Waals surface area contributed by atoms with E-state index in [0.29, 0.717) is 17.2 Å². The molecular formula is C15H15N5O3. The molecule has 1 heterocycles. The fourth-order valence-electron chi connectivity index (χ4n) is 2.16. The minimum absolute atomic E-state index is 0.0234. The van der Waals surface area contributed by atoms with Crippen molar-refractivity contribution in [2.24, 2.45) is 5.10 Å². The topological polar surface area (TPSA) is 113 Å². The molecule has 23 heavy (non-hydrogen) atoms. The van der Waals surface area contributed by atoms with Crippen molar-refractivity contribution in [3.05, 3.63) is 57.4 Å². The van der Waals surface area contributed by atoms with Gasteiger partial charge in [-0.2, -0.15) is 10.2 Å². The van der Waals surface area contributed by atoms with Crippen molar-refractivity contribution in [1.82, 2.24) is 15.6 Å². The van der Waals surface area contributed by atoms with Gasteiger partial charge < -0.3 is 0 Å². The van der Waals surface area contributed by atoms with Crippen LogP contribution in [0.2, 0.25) is 0 Å². The molecular weight excluding hydrogens is 298 g/mol. The monoisotopic (exact) mass is 313 g/mol. The van der Waals surface area contributed by atoms with Gasteiger partial charge in [0.2, 0.25) is 0 Å². The first kappa shape index (κ1) is 14.9. The average Bonchev–Trinajstić information content (AvgIpc) is 3.29. The van der Waals surface area contributed by atoms with Gasteiger partial charge in [-0.1, -0.05) is 12.1 Å². The number of nitro groups is 1. The van der Waals surface area contributed by atoms with Crippen LogP contribution in [0.5, 0.6) is 0 Å². The first-order chi connectivity index (χ1) is 11.0. The Labute approximate surface area is 131 Å². The second kappa shape index (κ2) is 5.99. The van der Waals surface area contributed by atoms with Crippen LogP contribution in [-0.4, -0.2) is 26.7 Å². The number of hydrogen-bond acceptors (Lipinski definition) is 5. The number of carbonyl (C=O) groups is 1. The van der Waals surface area contributed by atoms with Crippen molar-refractivity contribution >= 4 is 17.3 Å². The second-order valence-electron chi connectivity index (χ2n) is 5.43. The minimum atomic E-state index is -0.474. The molecule has 3 rings (SSSR count). The van der Waals surface area contributed by atoms with Crippen LogP contribution in [0.25, 0.3) is 0 Å². The van der Waals surface area contributed by atoms with Gasteiger partial charge in [0.1, 0.15) is 0 Å². The van der Waals surface area contributed by atoms with E-state index in [0.717, 1.165) is 18.5 Å². The molecule has 8 heteroatoms. The van der Waals surface area contributed by atoms with Crippen LogP contribution in [0.4, 0.5) is 5.69 Å². The second-order valence-corrected chi connectivity index (χ2v) is 5.43. The van der Waals surface area contributed by atoms with Crippen LogP contribution in [0.1, 0.15) is 47.4 Å². The number of nitrogens with one attached hydrogen (secondary N) is 2. The maximum absolute atomic E-state index is 12.0. The van der Waals surface area contributed by atoms with E-state index in [2.05, 4.69) is 20.7 Å². The molecule has 2 aromatic rings. The Hall–Kier alpha value is -3.03. The highest BCUT2D eigenvalue weighted by molar-refractivity contribution is 6.00. The molecule has 8 nitrogen and oxygen atoms in total. The molecule has 1 aliphatic carbocycles. The van der Waals surface area contributed by atoms with Crippen molar-refractivity contribution < 1.29 is 9.72 Å². The third-order valence-corrected chi connectivity index (χ3v) is 3.65. The number of aromatic amines is 1. The van der Waals surface area contributed by atoms with Gasteiger partial charge in [0.05, 0.1) is 10.6 Å². The molecule has 0 atom stereocenters. The van der Waals surface area contributed by atoms with Gasteiger partial charge in [-0.25, -0.2) is 5.43 Å². The number of hydrazone groups is 1. The molecule has 0 spiro atoms. The molecule has 1 fully saturated rings. The normalized spacial score (nSPS) is 14.6. The zero-order chi connectivity index (χ0) is 16.4. The maximum Gasteiger partial charge on any atom is 0.291 e. The lowest BCUT2D eigenvalue weighted by Gasteiger charge is -2.01. The van der Waals surface area contributed by atoms with E-state index in [1.54, 1.807) is 25.1 Å². The summed E-state index contributed by atoms with van der Waals surface area (Å²) < 4.78 is 0. The quantitative estimate of drug-likeness (QED) is 0.501. The van der Waals surface area contributed by atoms with Crippen molar-refractivity contribution in [3.8, 4) is 0 Å². The summed E-state index contributed by atoms with van der Waals surface area (Å²) >= 11 is 0. The zero-order valence-corrected chi connectivity index (χ0v) is 12.4. The zero-order valence-electron chi connectivity index (χ0n) is 12.4. The fraction of sp³-hybridized carbons (Fsp3) is 0.267. The van der Waals surface area contributed by atoms with E-state index in [4.69, 9.17) is 0 Å². The largest absolute Gasteiger partial charge is 0.291 e. The first-order valence-corrected chi connectivity index (χ1v) is 7.19. The summed E-state index contributed by atoms with van der Waals surface area (Å²) in [6.07, 6.45) is 2.24. The Bertz CT molecular complexity index is 792. The predicted octanol–water partition coefficient (Wildman–Crippen LogP) is 2.35. The minimum Gasteiger partial charge on any atom is -0.281 e. The van der Waals surface area contributed by atoms with Crippen LogP contribution in [0.3, 0.4) is 0 Å². The average molecular weight is 313 g/mol. The van der Waals surface area contributed by atoms with E-state index < -0.39 is 10.8 Å². The highest BCUT2D eigenvalue weighted by atomic mass is 16.6. The molecule has 2 N–H and O–H groups in total. The van der Waals surface area contributed by atoms with E-state index >= 15 is 0 Å². The molecule has 0 aliphatic heterocycles. The molecule has 0 unspecified atom stereocenters. The fourth-order valence-corrected chi connectivity index (χ4v) is 2.16. The Kier molecular flexibility index (Phi) is 3.88. The summed E-state index contributed by atoms with van der Waals surface area (Å²) in [6.45, 7) is 1.67.